The molecule has 22 nitrogen and oxygen atoms in total. The minimum absolute atomic E-state index is 0.0163. The topological polar surface area (TPSA) is 277 Å². The number of hydrogen-bond donors (Lipinski definition) is 3. The average Bonchev–Trinajstić information content (AvgIpc) is 4.02. The quantitative estimate of drug-likeness (QED) is 0.105. The Morgan fingerprint density at radius 2 is 1.31 bits per heavy atom. The van der Waals surface area contributed by atoms with Gasteiger partial charge in [-0.05, 0) is 35.5 Å². The number of halogens is 2. The molecule has 0 spiro atoms. The number of ether oxygens (including phenoxy) is 5. The first kappa shape index (κ1) is 43.7. The van der Waals surface area contributed by atoms with E-state index in [2.05, 4.69) is 29.9 Å². The highest BCUT2D eigenvalue weighted by atomic mass is 32.7. The number of nitrogen functional groups attached to an aromatic ring is 2. The van der Waals surface area contributed by atoms with Gasteiger partial charge in [-0.3, -0.25) is 27.2 Å². The van der Waals surface area contributed by atoms with Gasteiger partial charge in [0, 0.05) is 12.4 Å². The molecule has 0 amide bonds. The Kier molecular flexibility index (Phi) is 13.5. The Morgan fingerprint density at radius 3 is 1.90 bits per heavy atom. The predicted octanol–water partition coefficient (Wildman–Crippen LogP) is 4.08. The maximum absolute atomic E-state index is 16.7. The van der Waals surface area contributed by atoms with Crippen molar-refractivity contribution in [3.8, 4) is 5.75 Å². The lowest BCUT2D eigenvalue weighted by atomic mass is 10.1. The van der Waals surface area contributed by atoms with E-state index in [-0.39, 0.29) is 39.7 Å². The van der Waals surface area contributed by atoms with Gasteiger partial charge >= 0.3 is 14.6 Å². The molecule has 7 heterocycles. The van der Waals surface area contributed by atoms with Crippen LogP contribution in [0.15, 0.2) is 49.6 Å². The van der Waals surface area contributed by atoms with Gasteiger partial charge in [0.05, 0.1) is 45.7 Å². The van der Waals surface area contributed by atoms with Gasteiger partial charge in [0.15, 0.2) is 47.7 Å². The second-order valence-corrected chi connectivity index (χ2v) is 19.3. The highest BCUT2D eigenvalue weighted by Crippen LogP contribution is 2.65. The number of fused-ring (bicyclic) bond motifs is 4. The molecule has 0 bridgehead atoms. The van der Waals surface area contributed by atoms with Crippen LogP contribution in [0.3, 0.4) is 0 Å². The van der Waals surface area contributed by atoms with Gasteiger partial charge in [-0.1, -0.05) is 19.1 Å². The third-order valence-corrected chi connectivity index (χ3v) is 14.3. The van der Waals surface area contributed by atoms with Crippen molar-refractivity contribution in [3.63, 3.8) is 0 Å². The first-order chi connectivity index (χ1) is 29.4. The van der Waals surface area contributed by atoms with Crippen LogP contribution in [0.1, 0.15) is 31.4 Å². The molecule has 0 aliphatic carbocycles. The van der Waals surface area contributed by atoms with Crippen LogP contribution >= 0.6 is 26.0 Å². The van der Waals surface area contributed by atoms with Crippen LogP contribution in [-0.4, -0.2) is 127 Å². The highest BCUT2D eigenvalue weighted by Gasteiger charge is 2.55. The van der Waals surface area contributed by atoms with Crippen LogP contribution < -0.4 is 16.2 Å². The molecule has 1 unspecified atom stereocenters. The number of anilines is 2. The second kappa shape index (κ2) is 18.8. The molecule has 330 valence electrons. The zero-order valence-corrected chi connectivity index (χ0v) is 34.9. The molecule has 8 rings (SSSR count). The molecule has 61 heavy (non-hydrogen) atoms. The van der Waals surface area contributed by atoms with Gasteiger partial charge in [0.25, 0.3) is 0 Å². The molecule has 27 heteroatoms. The fraction of sp³-hybridized carbons (Fsp3) is 0.529. The summed E-state index contributed by atoms with van der Waals surface area (Å²) in [5.41, 5.74) is 13.0. The van der Waals surface area contributed by atoms with E-state index in [9.17, 15) is 14.0 Å². The number of aromatic nitrogens is 8. The molecule has 4 aromatic heterocycles. The molecule has 10 atom stereocenters. The van der Waals surface area contributed by atoms with Gasteiger partial charge in [-0.15, -0.1) is 0 Å². The summed E-state index contributed by atoms with van der Waals surface area (Å²) in [6.07, 6.45) is -8.32. The summed E-state index contributed by atoms with van der Waals surface area (Å²) >= 11 is 0.712. The molecule has 0 radical (unpaired) electrons. The third-order valence-electron chi connectivity index (χ3n) is 9.69. The van der Waals surface area contributed by atoms with Gasteiger partial charge in [-0.2, -0.15) is 0 Å². The van der Waals surface area contributed by atoms with E-state index in [0.717, 1.165) is 19.1 Å². The third kappa shape index (κ3) is 9.67. The number of alkyl halides is 2. The lowest BCUT2D eigenvalue weighted by Gasteiger charge is -2.29. The Bertz CT molecular complexity index is 2390. The Balaban J connectivity index is 1.03. The van der Waals surface area contributed by atoms with Crippen molar-refractivity contribution in [2.45, 2.75) is 68.3 Å². The molecule has 5 aromatic rings. The molecule has 3 saturated heterocycles. The maximum atomic E-state index is 16.7. The van der Waals surface area contributed by atoms with Gasteiger partial charge in [0.2, 0.25) is 0 Å². The second-order valence-electron chi connectivity index (χ2n) is 13.8. The van der Waals surface area contributed by atoms with Gasteiger partial charge in [0.1, 0.15) is 60.5 Å². The van der Waals surface area contributed by atoms with Crippen molar-refractivity contribution in [1.82, 2.24) is 39.0 Å². The Labute approximate surface area is 349 Å². The standard InChI is InChI=1S/C34H42F2N10O12P2S/c1-2-7-50-8-9-51-10-11-52-20-5-3-19(4-6-20)14-61-60(49)54-13-22-27(23(35)33(56-22)45-17-43-25-29(37)39-15-41-31(25)45)57-59(47,48)53-12-21-28(58-60)24(36)34(55-21)46-18-44-26-30(38)40-16-42-32(26)46/h3-6,15-18,21-24,27-28,33-34H,2,7-14H2,1H3,(H,47,48)(H2,37,39,41)(H2,38,40,42)/t21-,22-,23-,24-,27-,28-,33-,34-,60+/m1/s1. The highest BCUT2D eigenvalue weighted by molar-refractivity contribution is 8.54. The van der Waals surface area contributed by atoms with Crippen molar-refractivity contribution in [3.05, 3.63) is 55.1 Å². The number of rotatable bonds is 14. The largest absolute Gasteiger partial charge is 0.491 e. The molecular weight excluding hydrogens is 872 g/mol. The fourth-order valence-electron chi connectivity index (χ4n) is 6.75. The minimum Gasteiger partial charge on any atom is -0.491 e. The maximum Gasteiger partial charge on any atom is 0.472 e. The van der Waals surface area contributed by atoms with E-state index in [4.69, 9.17) is 53.2 Å². The Hall–Kier alpha value is -3.97. The predicted molar refractivity (Wildman–Crippen MR) is 211 cm³/mol. The first-order valence-corrected chi connectivity index (χ1v) is 23.6. The van der Waals surface area contributed by atoms with Crippen LogP contribution in [0.4, 0.5) is 20.4 Å². The monoisotopic (exact) mass is 914 g/mol. The molecule has 1 aromatic carbocycles. The number of phosphoric ester groups is 1. The molecular formula is C34H42F2N10O12P2S. The first-order valence-electron chi connectivity index (χ1n) is 19.0. The number of imidazole rings is 2. The summed E-state index contributed by atoms with van der Waals surface area (Å²) in [4.78, 5) is 35.2. The van der Waals surface area contributed by atoms with E-state index in [1.165, 1.54) is 21.8 Å². The van der Waals surface area contributed by atoms with E-state index in [1.54, 1.807) is 24.3 Å². The summed E-state index contributed by atoms with van der Waals surface area (Å²) in [5, 5.41) is 0. The summed E-state index contributed by atoms with van der Waals surface area (Å²) in [6, 6.07) is 6.90. The van der Waals surface area contributed by atoms with E-state index in [1.807, 2.05) is 6.92 Å². The smallest absolute Gasteiger partial charge is 0.472 e. The van der Waals surface area contributed by atoms with E-state index in [0.29, 0.717) is 55.7 Å². The number of benzene rings is 1. The van der Waals surface area contributed by atoms with Crippen LogP contribution in [-0.2, 0) is 51.9 Å². The lowest BCUT2D eigenvalue weighted by Crippen LogP contribution is -2.37. The summed E-state index contributed by atoms with van der Waals surface area (Å²) < 4.78 is 115. The zero-order valence-electron chi connectivity index (χ0n) is 32.3. The molecule has 3 aliphatic rings. The number of hydrogen-bond acceptors (Lipinski definition) is 20. The van der Waals surface area contributed by atoms with Crippen LogP contribution in [0.5, 0.6) is 5.75 Å². The fourth-order valence-corrected chi connectivity index (χ4v) is 11.1. The van der Waals surface area contributed by atoms with Crippen molar-refractivity contribution in [2.75, 3.05) is 57.7 Å². The van der Waals surface area contributed by atoms with E-state index < -0.39 is 77.0 Å². The van der Waals surface area contributed by atoms with Crippen LogP contribution in [0.2, 0.25) is 0 Å². The average molecular weight is 915 g/mol. The molecule has 5 N–H and O–H groups in total. The van der Waals surface area contributed by atoms with Crippen LogP contribution in [0.25, 0.3) is 22.3 Å². The summed E-state index contributed by atoms with van der Waals surface area (Å²) in [7, 11) is -5.16. The molecule has 0 saturated carbocycles. The van der Waals surface area contributed by atoms with Crippen molar-refractivity contribution in [2.24, 2.45) is 0 Å². The SMILES string of the molecule is CCCOCCOCCOc1ccc(CS[P@@]2(=O)OC[C@H]3O[C@@H](n4cnc5c(N)ncnc54)[C@H](F)[C@@H]3OP(=O)(O)OC[C@H]3O[C@@H](n4cnc5c(N)ncnc54)[C@H](F)[C@@H]3O2)cc1. The molecule has 3 fully saturated rings. The molecule has 3 aliphatic heterocycles. The lowest BCUT2D eigenvalue weighted by molar-refractivity contribution is -0.0605. The normalized spacial score (nSPS) is 30.8. The zero-order chi connectivity index (χ0) is 42.7. The van der Waals surface area contributed by atoms with Gasteiger partial charge in [-0.25, -0.2) is 47.8 Å². The summed E-state index contributed by atoms with van der Waals surface area (Å²) in [5.74, 6) is 0.612. The van der Waals surface area contributed by atoms with Crippen molar-refractivity contribution in [1.29, 1.82) is 0 Å². The van der Waals surface area contributed by atoms with E-state index >= 15 is 8.78 Å². The minimum atomic E-state index is -5.16. The number of phosphoric acid groups is 1. The number of nitrogens with two attached hydrogens (primary N) is 2. The van der Waals surface area contributed by atoms with Crippen molar-refractivity contribution < 1.29 is 64.6 Å². The number of nitrogens with zero attached hydrogens (tertiary/aromatic N) is 8. The van der Waals surface area contributed by atoms with Gasteiger partial charge < -0.3 is 40.0 Å². The van der Waals surface area contributed by atoms with Crippen molar-refractivity contribution >= 4 is 60.0 Å². The Morgan fingerprint density at radius 1 is 0.770 bits per heavy atom. The van der Waals surface area contributed by atoms with Crippen LogP contribution in [0, 0.1) is 0 Å². The summed E-state index contributed by atoms with van der Waals surface area (Å²) in [6.45, 7) is -1.77.